The van der Waals surface area contributed by atoms with E-state index in [-0.39, 0.29) is 17.9 Å². The summed E-state index contributed by atoms with van der Waals surface area (Å²) in [5.41, 5.74) is 2.44. The first-order chi connectivity index (χ1) is 12.0. The minimum atomic E-state index is -0.0423. The number of hydrogen-bond acceptors (Lipinski definition) is 2. The molecule has 2 aromatic carbocycles. The summed E-state index contributed by atoms with van der Waals surface area (Å²) in [6.07, 6.45) is 1.54. The number of halogens is 1. The molecule has 2 amide bonds. The number of piperidine rings is 1. The fourth-order valence-electron chi connectivity index (χ4n) is 3.09. The van der Waals surface area contributed by atoms with Gasteiger partial charge in [0.05, 0.1) is 5.56 Å². The van der Waals surface area contributed by atoms with Crippen LogP contribution in [0.3, 0.4) is 0 Å². The second kappa shape index (κ2) is 7.83. The van der Waals surface area contributed by atoms with Gasteiger partial charge in [-0.2, -0.15) is 0 Å². The summed E-state index contributed by atoms with van der Waals surface area (Å²) >= 11 is 3.44. The fourth-order valence-corrected chi connectivity index (χ4v) is 3.54. The normalized spacial score (nSPS) is 15.0. The average molecular weight is 401 g/mol. The molecule has 1 fully saturated rings. The van der Waals surface area contributed by atoms with E-state index in [0.29, 0.717) is 24.2 Å². The Hall–Kier alpha value is -2.14. The first-order valence-electron chi connectivity index (χ1n) is 8.46. The number of nitrogens with one attached hydrogen (secondary N) is 1. The van der Waals surface area contributed by atoms with Gasteiger partial charge < -0.3 is 10.2 Å². The van der Waals surface area contributed by atoms with Gasteiger partial charge in [0, 0.05) is 29.2 Å². The SMILES string of the molecule is Cc1cccc(C(=O)NC2CCN(C(=O)c3ccccc3Br)CC2)c1. The van der Waals surface area contributed by atoms with Gasteiger partial charge in [-0.3, -0.25) is 9.59 Å². The minimum absolute atomic E-state index is 0.0379. The molecule has 0 bridgehead atoms. The molecule has 0 aliphatic carbocycles. The molecule has 130 valence electrons. The van der Waals surface area contributed by atoms with Crippen molar-refractivity contribution >= 4 is 27.7 Å². The largest absolute Gasteiger partial charge is 0.349 e. The second-order valence-electron chi connectivity index (χ2n) is 6.39. The maximum Gasteiger partial charge on any atom is 0.254 e. The Bertz CT molecular complexity index is 783. The Morgan fingerprint density at radius 3 is 2.48 bits per heavy atom. The molecule has 2 aromatic rings. The van der Waals surface area contributed by atoms with Gasteiger partial charge in [0.1, 0.15) is 0 Å². The summed E-state index contributed by atoms with van der Waals surface area (Å²) in [5.74, 6) is -0.00443. The fraction of sp³-hybridized carbons (Fsp3) is 0.300. The van der Waals surface area contributed by atoms with Crippen molar-refractivity contribution in [2.75, 3.05) is 13.1 Å². The lowest BCUT2D eigenvalue weighted by Crippen LogP contribution is -2.46. The van der Waals surface area contributed by atoms with Crippen LogP contribution < -0.4 is 5.32 Å². The molecule has 0 saturated carbocycles. The van der Waals surface area contributed by atoms with Gasteiger partial charge in [-0.05, 0) is 60.0 Å². The van der Waals surface area contributed by atoms with Crippen LogP contribution in [0.2, 0.25) is 0 Å². The van der Waals surface area contributed by atoms with Crippen molar-refractivity contribution in [3.63, 3.8) is 0 Å². The van der Waals surface area contributed by atoms with Crippen molar-refractivity contribution in [3.05, 3.63) is 69.7 Å². The zero-order chi connectivity index (χ0) is 17.8. The number of rotatable bonds is 3. The van der Waals surface area contributed by atoms with E-state index >= 15 is 0 Å². The lowest BCUT2D eigenvalue weighted by atomic mass is 10.0. The van der Waals surface area contributed by atoms with Crippen molar-refractivity contribution in [3.8, 4) is 0 Å². The van der Waals surface area contributed by atoms with Crippen LogP contribution in [0.4, 0.5) is 0 Å². The molecule has 1 aliphatic heterocycles. The molecule has 5 heteroatoms. The van der Waals surface area contributed by atoms with Gasteiger partial charge in [0.15, 0.2) is 0 Å². The topological polar surface area (TPSA) is 49.4 Å². The van der Waals surface area contributed by atoms with E-state index in [9.17, 15) is 9.59 Å². The second-order valence-corrected chi connectivity index (χ2v) is 7.24. The van der Waals surface area contributed by atoms with Crippen molar-refractivity contribution in [1.29, 1.82) is 0 Å². The molecule has 0 radical (unpaired) electrons. The Morgan fingerprint density at radius 1 is 1.08 bits per heavy atom. The number of benzene rings is 2. The van der Waals surface area contributed by atoms with E-state index in [2.05, 4.69) is 21.2 Å². The van der Waals surface area contributed by atoms with E-state index in [0.717, 1.165) is 22.9 Å². The van der Waals surface area contributed by atoms with E-state index < -0.39 is 0 Å². The summed E-state index contributed by atoms with van der Waals surface area (Å²) in [5, 5.41) is 3.09. The molecule has 0 spiro atoms. The smallest absolute Gasteiger partial charge is 0.254 e. The maximum absolute atomic E-state index is 12.6. The predicted molar refractivity (Wildman–Crippen MR) is 102 cm³/mol. The highest BCUT2D eigenvalue weighted by Gasteiger charge is 2.25. The standard InChI is InChI=1S/C20H21BrN2O2/c1-14-5-4-6-15(13-14)19(24)22-16-9-11-23(12-10-16)20(25)17-7-2-3-8-18(17)21/h2-8,13,16H,9-12H2,1H3,(H,22,24). The van der Waals surface area contributed by atoms with Crippen LogP contribution >= 0.6 is 15.9 Å². The number of carbonyl (C=O) groups is 2. The number of amides is 2. The number of carbonyl (C=O) groups excluding carboxylic acids is 2. The highest BCUT2D eigenvalue weighted by atomic mass is 79.9. The van der Waals surface area contributed by atoms with Crippen LogP contribution in [0.15, 0.2) is 53.0 Å². The summed E-state index contributed by atoms with van der Waals surface area (Å²) in [7, 11) is 0. The number of aryl methyl sites for hydroxylation is 1. The lowest BCUT2D eigenvalue weighted by molar-refractivity contribution is 0.0697. The molecule has 1 saturated heterocycles. The molecule has 1 aliphatic rings. The minimum Gasteiger partial charge on any atom is -0.349 e. The van der Waals surface area contributed by atoms with Crippen LogP contribution in [0.25, 0.3) is 0 Å². The Morgan fingerprint density at radius 2 is 1.80 bits per heavy atom. The first kappa shape index (κ1) is 17.7. The van der Waals surface area contributed by atoms with Gasteiger partial charge in [-0.25, -0.2) is 0 Å². The van der Waals surface area contributed by atoms with Gasteiger partial charge in [-0.1, -0.05) is 29.8 Å². The van der Waals surface area contributed by atoms with Crippen LogP contribution in [-0.2, 0) is 0 Å². The third-order valence-electron chi connectivity index (χ3n) is 4.50. The molecule has 25 heavy (non-hydrogen) atoms. The van der Waals surface area contributed by atoms with Crippen molar-refractivity contribution in [2.45, 2.75) is 25.8 Å². The van der Waals surface area contributed by atoms with Crippen LogP contribution in [-0.4, -0.2) is 35.8 Å². The van der Waals surface area contributed by atoms with Gasteiger partial charge in [-0.15, -0.1) is 0 Å². The van der Waals surface area contributed by atoms with E-state index in [4.69, 9.17) is 0 Å². The molecule has 3 rings (SSSR count). The summed E-state index contributed by atoms with van der Waals surface area (Å²) in [6.45, 7) is 3.28. The van der Waals surface area contributed by atoms with Gasteiger partial charge in [0.2, 0.25) is 0 Å². The summed E-state index contributed by atoms with van der Waals surface area (Å²) in [6, 6.07) is 15.2. The van der Waals surface area contributed by atoms with E-state index in [1.165, 1.54) is 0 Å². The summed E-state index contributed by atoms with van der Waals surface area (Å²) < 4.78 is 0.815. The quantitative estimate of drug-likeness (QED) is 0.851. The highest BCUT2D eigenvalue weighted by Crippen LogP contribution is 2.20. The van der Waals surface area contributed by atoms with E-state index in [1.54, 1.807) is 0 Å². The molecular weight excluding hydrogens is 380 g/mol. The Labute approximate surface area is 156 Å². The van der Waals surface area contributed by atoms with Gasteiger partial charge in [0.25, 0.3) is 11.8 Å². The third-order valence-corrected chi connectivity index (χ3v) is 5.19. The van der Waals surface area contributed by atoms with Crippen molar-refractivity contribution in [2.24, 2.45) is 0 Å². The zero-order valence-electron chi connectivity index (χ0n) is 14.2. The monoisotopic (exact) mass is 400 g/mol. The maximum atomic E-state index is 12.6. The summed E-state index contributed by atoms with van der Waals surface area (Å²) in [4.78, 5) is 26.8. The zero-order valence-corrected chi connectivity index (χ0v) is 15.8. The Balaban J connectivity index is 1.56. The molecule has 4 nitrogen and oxygen atoms in total. The number of nitrogens with zero attached hydrogens (tertiary/aromatic N) is 1. The van der Waals surface area contributed by atoms with Crippen molar-refractivity contribution < 1.29 is 9.59 Å². The molecule has 0 atom stereocenters. The number of likely N-dealkylation sites (tertiary alicyclic amines) is 1. The molecule has 0 unspecified atom stereocenters. The average Bonchev–Trinajstić information content (AvgIpc) is 2.62. The van der Waals surface area contributed by atoms with Crippen molar-refractivity contribution in [1.82, 2.24) is 10.2 Å². The first-order valence-corrected chi connectivity index (χ1v) is 9.25. The third kappa shape index (κ3) is 4.28. The molecule has 1 heterocycles. The Kier molecular flexibility index (Phi) is 5.53. The number of hydrogen-bond donors (Lipinski definition) is 1. The van der Waals surface area contributed by atoms with Gasteiger partial charge >= 0.3 is 0 Å². The molecular formula is C20H21BrN2O2. The predicted octanol–water partition coefficient (Wildman–Crippen LogP) is 3.79. The molecule has 0 aromatic heterocycles. The van der Waals surface area contributed by atoms with E-state index in [1.807, 2.05) is 60.4 Å². The highest BCUT2D eigenvalue weighted by molar-refractivity contribution is 9.10. The van der Waals surface area contributed by atoms with Crippen LogP contribution in [0.1, 0.15) is 39.1 Å². The molecule has 1 N–H and O–H groups in total. The van der Waals surface area contributed by atoms with Crippen LogP contribution in [0, 0.1) is 6.92 Å². The van der Waals surface area contributed by atoms with Crippen LogP contribution in [0.5, 0.6) is 0 Å². The lowest BCUT2D eigenvalue weighted by Gasteiger charge is -2.32.